The number of hydrogen-bond acceptors (Lipinski definition) is 8. The van der Waals surface area contributed by atoms with Crippen LogP contribution in [-0.2, 0) is 9.59 Å². The molecule has 220 valence electrons. The number of methoxy groups -OCH3 is 5. The van der Waals surface area contributed by atoms with Crippen molar-refractivity contribution >= 4 is 23.1 Å². The number of hydrogen-bond donors (Lipinski definition) is 1. The van der Waals surface area contributed by atoms with E-state index in [0.29, 0.717) is 46.4 Å². The number of fused-ring (bicyclic) bond motifs is 1. The molecule has 0 fully saturated rings. The van der Waals surface area contributed by atoms with Crippen molar-refractivity contribution in [1.29, 1.82) is 0 Å². The van der Waals surface area contributed by atoms with Crippen molar-refractivity contribution in [2.75, 3.05) is 45.8 Å². The maximum atomic E-state index is 14.3. The number of carbonyl (C=O) groups excluding carboxylic acids is 2. The van der Waals surface area contributed by atoms with Crippen molar-refractivity contribution in [2.45, 2.75) is 38.1 Å². The zero-order valence-corrected chi connectivity index (χ0v) is 24.8. The number of nitrogens with zero attached hydrogens (tertiary/aromatic N) is 1. The molecule has 1 heterocycles. The molecule has 0 unspecified atom stereocenters. The monoisotopic (exact) mass is 572 g/mol. The van der Waals surface area contributed by atoms with Crippen molar-refractivity contribution in [3.63, 3.8) is 0 Å². The molecular formula is C33H36N2O7. The Balaban J connectivity index is 1.70. The number of ketones is 1. The molecule has 3 aromatic rings. The molecule has 0 radical (unpaired) electrons. The summed E-state index contributed by atoms with van der Waals surface area (Å²) in [6, 6.07) is 16.3. The van der Waals surface area contributed by atoms with Crippen LogP contribution >= 0.6 is 0 Å². The van der Waals surface area contributed by atoms with E-state index in [1.807, 2.05) is 55.5 Å². The molecule has 0 saturated heterocycles. The number of amides is 1. The van der Waals surface area contributed by atoms with Gasteiger partial charge in [0.1, 0.15) is 0 Å². The topological polar surface area (TPSA) is 95.6 Å². The lowest BCUT2D eigenvalue weighted by Crippen LogP contribution is -2.38. The largest absolute Gasteiger partial charge is 0.493 e. The fourth-order valence-corrected chi connectivity index (χ4v) is 5.95. The molecule has 0 spiro atoms. The Labute approximate surface area is 246 Å². The molecule has 0 saturated carbocycles. The smallest absolute Gasteiger partial charge is 0.227 e. The predicted molar refractivity (Wildman–Crippen MR) is 160 cm³/mol. The number of allylic oxidation sites excluding steroid dienone is 1. The van der Waals surface area contributed by atoms with E-state index in [2.05, 4.69) is 5.32 Å². The van der Waals surface area contributed by atoms with Gasteiger partial charge in [-0.2, -0.15) is 0 Å². The summed E-state index contributed by atoms with van der Waals surface area (Å²) in [5, 5.41) is 3.55. The van der Waals surface area contributed by atoms with Gasteiger partial charge >= 0.3 is 0 Å². The quantitative estimate of drug-likeness (QED) is 0.349. The van der Waals surface area contributed by atoms with Crippen LogP contribution in [0.3, 0.4) is 0 Å². The van der Waals surface area contributed by atoms with Crippen LogP contribution in [0, 0.1) is 0 Å². The third-order valence-electron chi connectivity index (χ3n) is 7.94. The second-order valence-electron chi connectivity index (χ2n) is 10.2. The molecule has 5 rings (SSSR count). The number of ether oxygens (including phenoxy) is 5. The summed E-state index contributed by atoms with van der Waals surface area (Å²) in [6.07, 6.45) is 1.04. The zero-order chi connectivity index (χ0) is 30.0. The fraction of sp³-hybridized carbons (Fsp3) is 0.333. The van der Waals surface area contributed by atoms with Crippen LogP contribution in [0.4, 0.5) is 11.4 Å². The normalized spacial score (nSPS) is 17.9. The molecular weight excluding hydrogens is 536 g/mol. The molecule has 0 aromatic heterocycles. The highest BCUT2D eigenvalue weighted by Crippen LogP contribution is 2.50. The minimum atomic E-state index is -0.670. The lowest BCUT2D eigenvalue weighted by Gasteiger charge is -2.35. The molecule has 9 nitrogen and oxygen atoms in total. The lowest BCUT2D eigenvalue weighted by molar-refractivity contribution is -0.119. The van der Waals surface area contributed by atoms with E-state index in [0.717, 1.165) is 22.5 Å². The molecule has 2 atom stereocenters. The van der Waals surface area contributed by atoms with Crippen LogP contribution in [0.1, 0.15) is 49.3 Å². The van der Waals surface area contributed by atoms with Crippen LogP contribution in [0.25, 0.3) is 0 Å². The summed E-state index contributed by atoms with van der Waals surface area (Å²) >= 11 is 0. The Morgan fingerprint density at radius 3 is 2.07 bits per heavy atom. The van der Waals surface area contributed by atoms with Crippen molar-refractivity contribution in [3.05, 3.63) is 77.0 Å². The number of anilines is 2. The first-order valence-corrected chi connectivity index (χ1v) is 13.8. The minimum absolute atomic E-state index is 0.0519. The van der Waals surface area contributed by atoms with Crippen LogP contribution in [0.5, 0.6) is 28.7 Å². The summed E-state index contributed by atoms with van der Waals surface area (Å²) in [5.41, 5.74) is 4.43. The number of nitrogens with one attached hydrogen (secondary N) is 1. The standard InChI is InChI=1S/C33H36N2O7/c1-7-30(37)35-24-11-9-8-10-22(24)34-23-14-20(21-17-28(40-4)33(42-6)29(18-21)41-5)15-25(36)31(23)32(35)19-12-13-26(38-2)27(16-19)39-3/h8-13,16-18,20,32,34H,7,14-15H2,1-6H3/t20-,32+/m0/s1. The van der Waals surface area contributed by atoms with E-state index in [4.69, 9.17) is 23.7 Å². The molecule has 1 amide bonds. The van der Waals surface area contributed by atoms with Gasteiger partial charge in [-0.05, 0) is 59.9 Å². The van der Waals surface area contributed by atoms with Gasteiger partial charge in [-0.15, -0.1) is 0 Å². The van der Waals surface area contributed by atoms with Crippen LogP contribution in [0.15, 0.2) is 65.9 Å². The number of benzene rings is 3. The van der Waals surface area contributed by atoms with Crippen molar-refractivity contribution in [2.24, 2.45) is 0 Å². The number of Topliss-reactive ketones (excluding diaryl/α,β-unsaturated/α-hetero) is 1. The van der Waals surface area contributed by atoms with Gasteiger partial charge in [-0.25, -0.2) is 0 Å². The summed E-state index contributed by atoms with van der Waals surface area (Å²) in [4.78, 5) is 29.7. The van der Waals surface area contributed by atoms with Crippen LogP contribution in [-0.4, -0.2) is 47.2 Å². The minimum Gasteiger partial charge on any atom is -0.493 e. The summed E-state index contributed by atoms with van der Waals surface area (Å²) in [6.45, 7) is 1.83. The van der Waals surface area contributed by atoms with Gasteiger partial charge < -0.3 is 29.0 Å². The third-order valence-corrected chi connectivity index (χ3v) is 7.94. The van der Waals surface area contributed by atoms with Crippen LogP contribution < -0.4 is 33.9 Å². The highest BCUT2D eigenvalue weighted by molar-refractivity contribution is 6.06. The predicted octanol–water partition coefficient (Wildman–Crippen LogP) is 6.04. The highest BCUT2D eigenvalue weighted by Gasteiger charge is 2.41. The average Bonchev–Trinajstić information content (AvgIpc) is 3.17. The molecule has 3 aromatic carbocycles. The fourth-order valence-electron chi connectivity index (χ4n) is 5.95. The van der Waals surface area contributed by atoms with Gasteiger partial charge in [0.2, 0.25) is 11.7 Å². The SMILES string of the molecule is CCC(=O)N1c2ccccc2NC2=C(C(=O)C[C@@H](c3cc(OC)c(OC)c(OC)c3)C2)[C@H]1c1ccc(OC)c(OC)c1. The molecule has 0 bridgehead atoms. The maximum Gasteiger partial charge on any atom is 0.227 e. The molecule has 1 N–H and O–H groups in total. The first kappa shape index (κ1) is 28.9. The Morgan fingerprint density at radius 1 is 0.810 bits per heavy atom. The van der Waals surface area contributed by atoms with Crippen molar-refractivity contribution in [1.82, 2.24) is 0 Å². The number of rotatable bonds is 8. The number of para-hydroxylation sites is 2. The summed E-state index contributed by atoms with van der Waals surface area (Å²) in [5.74, 6) is 2.32. The molecule has 2 aliphatic rings. The van der Waals surface area contributed by atoms with Crippen molar-refractivity contribution < 1.29 is 33.3 Å². The maximum absolute atomic E-state index is 14.3. The van der Waals surface area contributed by atoms with Crippen molar-refractivity contribution in [3.8, 4) is 28.7 Å². The summed E-state index contributed by atoms with van der Waals surface area (Å²) in [7, 11) is 7.85. The van der Waals surface area contributed by atoms with Gasteiger partial charge in [0.05, 0.1) is 53.0 Å². The Bertz CT molecular complexity index is 1520. The van der Waals surface area contributed by atoms with E-state index in [1.165, 1.54) is 0 Å². The first-order valence-electron chi connectivity index (χ1n) is 13.8. The zero-order valence-electron chi connectivity index (χ0n) is 24.8. The van der Waals surface area contributed by atoms with E-state index in [-0.39, 0.29) is 30.4 Å². The summed E-state index contributed by atoms with van der Waals surface area (Å²) < 4.78 is 27.8. The molecule has 9 heteroatoms. The second-order valence-corrected chi connectivity index (χ2v) is 10.2. The Kier molecular flexibility index (Phi) is 8.29. The second kappa shape index (κ2) is 12.1. The van der Waals surface area contributed by atoms with Gasteiger partial charge in [-0.3, -0.25) is 14.5 Å². The average molecular weight is 573 g/mol. The number of carbonyl (C=O) groups is 2. The van der Waals surface area contributed by atoms with E-state index in [9.17, 15) is 9.59 Å². The highest BCUT2D eigenvalue weighted by atomic mass is 16.5. The van der Waals surface area contributed by atoms with E-state index < -0.39 is 6.04 Å². The van der Waals surface area contributed by atoms with Gasteiger partial charge in [0.15, 0.2) is 28.8 Å². The molecule has 1 aliphatic carbocycles. The third kappa shape index (κ3) is 5.00. The Hall–Kier alpha value is -4.66. The van der Waals surface area contributed by atoms with Gasteiger partial charge in [0.25, 0.3) is 0 Å². The lowest BCUT2D eigenvalue weighted by atomic mass is 9.78. The van der Waals surface area contributed by atoms with Gasteiger partial charge in [0, 0.05) is 24.1 Å². The Morgan fingerprint density at radius 2 is 1.45 bits per heavy atom. The molecule has 1 aliphatic heterocycles. The first-order chi connectivity index (χ1) is 20.4. The van der Waals surface area contributed by atoms with Gasteiger partial charge in [-0.1, -0.05) is 25.1 Å². The van der Waals surface area contributed by atoms with E-state index >= 15 is 0 Å². The van der Waals surface area contributed by atoms with Crippen LogP contribution in [0.2, 0.25) is 0 Å². The van der Waals surface area contributed by atoms with E-state index in [1.54, 1.807) is 46.5 Å². The molecule has 42 heavy (non-hydrogen) atoms.